The van der Waals surface area contributed by atoms with Crippen molar-refractivity contribution in [3.05, 3.63) is 24.3 Å². The third-order valence-corrected chi connectivity index (χ3v) is 2.15. The van der Waals surface area contributed by atoms with Crippen molar-refractivity contribution in [2.75, 3.05) is 0 Å². The number of allylic oxidation sites excluding steroid dienone is 1. The number of hydrogen-bond donors (Lipinski definition) is 0. The predicted molar refractivity (Wildman–Crippen MR) is 52.3 cm³/mol. The second-order valence-electron chi connectivity index (χ2n) is 3.41. The van der Waals surface area contributed by atoms with Crippen LogP contribution in [0.5, 0.6) is 0 Å². The van der Waals surface area contributed by atoms with E-state index in [4.69, 9.17) is 4.74 Å². The van der Waals surface area contributed by atoms with Gasteiger partial charge in [-0.05, 0) is 19.8 Å². The molecule has 1 aliphatic heterocycles. The molecule has 1 rings (SSSR count). The van der Waals surface area contributed by atoms with Gasteiger partial charge in [0.15, 0.2) is 0 Å². The molecule has 0 aromatic carbocycles. The largest absolute Gasteiger partial charge is 0.458 e. The summed E-state index contributed by atoms with van der Waals surface area (Å²) in [4.78, 5) is 11.2. The van der Waals surface area contributed by atoms with Crippen molar-refractivity contribution in [1.82, 2.24) is 0 Å². The minimum absolute atomic E-state index is 0.104. The SMILES string of the molecule is C=CC1C/C(C)=C\CCCC(=O)O1. The smallest absolute Gasteiger partial charge is 0.306 e. The summed E-state index contributed by atoms with van der Waals surface area (Å²) in [6.07, 6.45) is 6.91. The van der Waals surface area contributed by atoms with Gasteiger partial charge < -0.3 is 4.74 Å². The Kier molecular flexibility index (Phi) is 3.74. The highest BCUT2D eigenvalue weighted by Gasteiger charge is 2.12. The number of esters is 1. The first-order chi connectivity index (χ1) is 6.22. The van der Waals surface area contributed by atoms with Crippen LogP contribution in [-0.4, -0.2) is 12.1 Å². The Morgan fingerprint density at radius 3 is 3.15 bits per heavy atom. The molecule has 0 bridgehead atoms. The van der Waals surface area contributed by atoms with Crippen LogP contribution >= 0.6 is 0 Å². The summed E-state index contributed by atoms with van der Waals surface area (Å²) in [5.41, 5.74) is 1.28. The van der Waals surface area contributed by atoms with E-state index in [0.29, 0.717) is 6.42 Å². The first-order valence-electron chi connectivity index (χ1n) is 4.70. The van der Waals surface area contributed by atoms with Crippen LogP contribution in [0.1, 0.15) is 32.6 Å². The van der Waals surface area contributed by atoms with E-state index in [2.05, 4.69) is 19.6 Å². The quantitative estimate of drug-likeness (QED) is 0.458. The summed E-state index contributed by atoms with van der Waals surface area (Å²) in [5.74, 6) is -0.104. The van der Waals surface area contributed by atoms with Gasteiger partial charge in [-0.3, -0.25) is 4.79 Å². The van der Waals surface area contributed by atoms with Gasteiger partial charge in [0.05, 0.1) is 0 Å². The molecule has 0 amide bonds. The molecule has 1 heterocycles. The van der Waals surface area contributed by atoms with Gasteiger partial charge in [-0.15, -0.1) is 0 Å². The molecule has 2 heteroatoms. The topological polar surface area (TPSA) is 26.3 Å². The van der Waals surface area contributed by atoms with E-state index in [0.717, 1.165) is 19.3 Å². The summed E-state index contributed by atoms with van der Waals surface area (Å²) in [6.45, 7) is 5.72. The van der Waals surface area contributed by atoms with E-state index in [1.165, 1.54) is 5.57 Å². The first-order valence-corrected chi connectivity index (χ1v) is 4.70. The average molecular weight is 180 g/mol. The van der Waals surface area contributed by atoms with Crippen molar-refractivity contribution in [2.24, 2.45) is 0 Å². The minimum atomic E-state index is -0.137. The molecule has 0 aromatic heterocycles. The highest BCUT2D eigenvalue weighted by Crippen LogP contribution is 2.15. The second-order valence-corrected chi connectivity index (χ2v) is 3.41. The lowest BCUT2D eigenvalue weighted by Gasteiger charge is -2.12. The summed E-state index contributed by atoms with van der Waals surface area (Å²) in [5, 5.41) is 0. The molecule has 0 aromatic rings. The van der Waals surface area contributed by atoms with E-state index in [-0.39, 0.29) is 12.1 Å². The van der Waals surface area contributed by atoms with Crippen molar-refractivity contribution in [3.8, 4) is 0 Å². The van der Waals surface area contributed by atoms with Gasteiger partial charge in [0.2, 0.25) is 0 Å². The fourth-order valence-corrected chi connectivity index (χ4v) is 1.40. The molecule has 2 nitrogen and oxygen atoms in total. The molecule has 0 radical (unpaired) electrons. The Hall–Kier alpha value is -1.05. The second kappa shape index (κ2) is 4.85. The minimum Gasteiger partial charge on any atom is -0.458 e. The Labute approximate surface area is 79.3 Å². The Morgan fingerprint density at radius 2 is 2.46 bits per heavy atom. The van der Waals surface area contributed by atoms with Gasteiger partial charge in [-0.25, -0.2) is 0 Å². The van der Waals surface area contributed by atoms with Crippen LogP contribution < -0.4 is 0 Å². The molecule has 1 atom stereocenters. The average Bonchev–Trinajstić information content (AvgIpc) is 2.17. The van der Waals surface area contributed by atoms with Crippen LogP contribution in [0, 0.1) is 0 Å². The van der Waals surface area contributed by atoms with E-state index < -0.39 is 0 Å². The van der Waals surface area contributed by atoms with Crippen LogP contribution in [0.3, 0.4) is 0 Å². The third kappa shape index (κ3) is 3.45. The zero-order valence-electron chi connectivity index (χ0n) is 8.08. The predicted octanol–water partition coefficient (Wildman–Crippen LogP) is 2.60. The maximum Gasteiger partial charge on any atom is 0.306 e. The molecular weight excluding hydrogens is 164 g/mol. The lowest BCUT2D eigenvalue weighted by molar-refractivity contribution is -0.146. The summed E-state index contributed by atoms with van der Waals surface area (Å²) >= 11 is 0. The lowest BCUT2D eigenvalue weighted by Crippen LogP contribution is -2.15. The number of carbonyl (C=O) groups excluding carboxylic acids is 1. The zero-order valence-corrected chi connectivity index (χ0v) is 8.08. The molecule has 0 N–H and O–H groups in total. The van der Waals surface area contributed by atoms with Crippen molar-refractivity contribution >= 4 is 5.97 Å². The van der Waals surface area contributed by atoms with Crippen molar-refractivity contribution in [3.63, 3.8) is 0 Å². The molecule has 0 saturated carbocycles. The standard InChI is InChI=1S/C11H16O2/c1-3-10-8-9(2)6-4-5-7-11(12)13-10/h3,6,10H,1,4-5,7-8H2,2H3/b9-6-. The van der Waals surface area contributed by atoms with Gasteiger partial charge in [-0.1, -0.05) is 24.3 Å². The molecule has 0 fully saturated rings. The Morgan fingerprint density at radius 1 is 1.69 bits per heavy atom. The van der Waals surface area contributed by atoms with Gasteiger partial charge in [0.1, 0.15) is 6.10 Å². The van der Waals surface area contributed by atoms with Crippen molar-refractivity contribution in [1.29, 1.82) is 0 Å². The number of cyclic esters (lactones) is 1. The van der Waals surface area contributed by atoms with Gasteiger partial charge in [-0.2, -0.15) is 0 Å². The van der Waals surface area contributed by atoms with Crippen molar-refractivity contribution < 1.29 is 9.53 Å². The van der Waals surface area contributed by atoms with Gasteiger partial charge in [0.25, 0.3) is 0 Å². The number of rotatable bonds is 1. The molecule has 0 saturated heterocycles. The fourth-order valence-electron chi connectivity index (χ4n) is 1.40. The van der Waals surface area contributed by atoms with Crippen LogP contribution in [0.15, 0.2) is 24.3 Å². The van der Waals surface area contributed by atoms with E-state index in [1.54, 1.807) is 6.08 Å². The fraction of sp³-hybridized carbons (Fsp3) is 0.545. The molecular formula is C11H16O2. The van der Waals surface area contributed by atoms with Gasteiger partial charge in [0, 0.05) is 12.8 Å². The zero-order chi connectivity index (χ0) is 9.68. The monoisotopic (exact) mass is 180 g/mol. The lowest BCUT2D eigenvalue weighted by atomic mass is 10.1. The normalized spacial score (nSPS) is 28.8. The van der Waals surface area contributed by atoms with Crippen LogP contribution in [0.25, 0.3) is 0 Å². The molecule has 0 spiro atoms. The van der Waals surface area contributed by atoms with Crippen molar-refractivity contribution in [2.45, 2.75) is 38.7 Å². The maximum absolute atomic E-state index is 11.2. The number of hydrogen-bond acceptors (Lipinski definition) is 2. The Bertz CT molecular complexity index is 228. The van der Waals surface area contributed by atoms with Crippen LogP contribution in [0.4, 0.5) is 0 Å². The number of carbonyl (C=O) groups is 1. The highest BCUT2D eigenvalue weighted by molar-refractivity contribution is 5.69. The molecule has 1 aliphatic rings. The molecule has 1 unspecified atom stereocenters. The van der Waals surface area contributed by atoms with E-state index in [9.17, 15) is 4.79 Å². The molecule has 13 heavy (non-hydrogen) atoms. The van der Waals surface area contributed by atoms with Gasteiger partial charge >= 0.3 is 5.97 Å². The third-order valence-electron chi connectivity index (χ3n) is 2.15. The number of ether oxygens (including phenoxy) is 1. The Balaban J connectivity index is 2.63. The van der Waals surface area contributed by atoms with Crippen LogP contribution in [0.2, 0.25) is 0 Å². The molecule has 72 valence electrons. The maximum atomic E-state index is 11.2. The van der Waals surface area contributed by atoms with E-state index in [1.807, 2.05) is 0 Å². The highest BCUT2D eigenvalue weighted by atomic mass is 16.5. The van der Waals surface area contributed by atoms with E-state index >= 15 is 0 Å². The first kappa shape index (κ1) is 10.0. The summed E-state index contributed by atoms with van der Waals surface area (Å²) in [6, 6.07) is 0. The molecule has 0 aliphatic carbocycles. The van der Waals surface area contributed by atoms with Crippen LogP contribution in [-0.2, 0) is 9.53 Å². The summed E-state index contributed by atoms with van der Waals surface area (Å²) < 4.78 is 5.19. The summed E-state index contributed by atoms with van der Waals surface area (Å²) in [7, 11) is 0.